The lowest BCUT2D eigenvalue weighted by Gasteiger charge is -2.29. The number of hydrogen-bond donors (Lipinski definition) is 0. The van der Waals surface area contributed by atoms with Crippen LogP contribution in [0.2, 0.25) is 0 Å². The average molecular weight is 331 g/mol. The average Bonchev–Trinajstić information content (AvgIpc) is 2.92. The highest BCUT2D eigenvalue weighted by Gasteiger charge is 2.28. The van der Waals surface area contributed by atoms with Gasteiger partial charge in [-0.15, -0.1) is 0 Å². The predicted octanol–water partition coefficient (Wildman–Crippen LogP) is 2.15. The molecule has 0 N–H and O–H groups in total. The number of hydrogen-bond acceptors (Lipinski definition) is 7. The molecule has 1 aliphatic rings. The van der Waals surface area contributed by atoms with Crippen molar-refractivity contribution in [2.24, 2.45) is 0 Å². The Morgan fingerprint density at radius 2 is 2.24 bits per heavy atom. The zero-order valence-corrected chi connectivity index (χ0v) is 14.2. The molecule has 1 aromatic heterocycles. The quantitative estimate of drug-likeness (QED) is 0.587. The van der Waals surface area contributed by atoms with Gasteiger partial charge in [-0.25, -0.2) is 0 Å². The molecule has 2 heterocycles. The molecular weight excluding hydrogens is 310 g/mol. The number of rotatable bonds is 6. The van der Waals surface area contributed by atoms with Crippen molar-refractivity contribution in [3.8, 4) is 0 Å². The first-order valence-corrected chi connectivity index (χ1v) is 9.21. The monoisotopic (exact) mass is 331 g/mol. The Bertz CT molecular complexity index is 610. The molecule has 8 heteroatoms. The normalized spacial score (nSPS) is 20.5. The Labute approximate surface area is 130 Å². The fraction of sp³-hybridized carbons (Fsp3) is 0.692. The predicted molar refractivity (Wildman–Crippen MR) is 82.6 cm³/mol. The molecule has 0 aliphatic carbocycles. The van der Waals surface area contributed by atoms with E-state index in [2.05, 4.69) is 20.6 Å². The van der Waals surface area contributed by atoms with Crippen LogP contribution in [-0.4, -0.2) is 48.3 Å². The molecule has 0 spiro atoms. The summed E-state index contributed by atoms with van der Waals surface area (Å²) in [4.78, 5) is 2.17. The summed E-state index contributed by atoms with van der Waals surface area (Å²) in [6.45, 7) is 4.98. The summed E-state index contributed by atoms with van der Waals surface area (Å²) in [5.41, 5.74) is 1.34. The van der Waals surface area contributed by atoms with Crippen LogP contribution >= 0.6 is 11.7 Å². The van der Waals surface area contributed by atoms with Gasteiger partial charge < -0.3 is 0 Å². The van der Waals surface area contributed by atoms with Gasteiger partial charge in [0.05, 0.1) is 18.3 Å². The molecule has 1 aromatic rings. The summed E-state index contributed by atoms with van der Waals surface area (Å²) in [6.07, 6.45) is 4.51. The van der Waals surface area contributed by atoms with E-state index in [0.717, 1.165) is 30.1 Å². The van der Waals surface area contributed by atoms with Gasteiger partial charge in [-0.3, -0.25) is 9.08 Å². The van der Waals surface area contributed by atoms with E-state index < -0.39 is 10.1 Å². The van der Waals surface area contributed by atoms with E-state index in [4.69, 9.17) is 4.18 Å². The van der Waals surface area contributed by atoms with Crippen LogP contribution in [0.25, 0.3) is 5.57 Å². The molecule has 0 radical (unpaired) electrons. The first-order valence-electron chi connectivity index (χ1n) is 7.07. The lowest BCUT2D eigenvalue weighted by atomic mass is 10.0. The summed E-state index contributed by atoms with van der Waals surface area (Å²) >= 11 is 0.909. The van der Waals surface area contributed by atoms with Crippen LogP contribution in [0.5, 0.6) is 0 Å². The highest BCUT2D eigenvalue weighted by molar-refractivity contribution is 7.86. The Morgan fingerprint density at radius 1 is 1.48 bits per heavy atom. The van der Waals surface area contributed by atoms with Crippen molar-refractivity contribution < 1.29 is 12.6 Å². The summed E-state index contributed by atoms with van der Waals surface area (Å²) in [5, 5.41) is -0.0437. The third kappa shape index (κ3) is 3.88. The standard InChI is InChI=1S/C13H21N3O3S2/c1-4-5-8-19-21(17,18)13-12(14-20-15-13)11-7-6-10(2)16(3)9-11/h7,10H,4-6,8-9H2,1-3H3. The summed E-state index contributed by atoms with van der Waals surface area (Å²) < 4.78 is 37.6. The van der Waals surface area contributed by atoms with Gasteiger partial charge in [-0.1, -0.05) is 19.4 Å². The van der Waals surface area contributed by atoms with Gasteiger partial charge in [0.2, 0.25) is 5.03 Å². The van der Waals surface area contributed by atoms with Crippen LogP contribution in [-0.2, 0) is 14.3 Å². The molecule has 0 saturated heterocycles. The van der Waals surface area contributed by atoms with Crippen LogP contribution in [0.1, 0.15) is 38.8 Å². The SMILES string of the molecule is CCCCOS(=O)(=O)c1nsnc1C1=CCC(C)N(C)C1. The van der Waals surface area contributed by atoms with E-state index in [-0.39, 0.29) is 11.6 Å². The Hall–Kier alpha value is -0.830. The molecule has 0 amide bonds. The van der Waals surface area contributed by atoms with E-state index in [1.54, 1.807) is 0 Å². The Kier molecular flexibility index (Phi) is 5.48. The summed E-state index contributed by atoms with van der Waals surface area (Å²) in [7, 11) is -1.81. The molecule has 0 fully saturated rings. The highest BCUT2D eigenvalue weighted by Crippen LogP contribution is 2.27. The molecule has 21 heavy (non-hydrogen) atoms. The second kappa shape index (κ2) is 6.95. The van der Waals surface area contributed by atoms with Gasteiger partial charge in [0.25, 0.3) is 0 Å². The molecule has 0 saturated carbocycles. The third-order valence-electron chi connectivity index (χ3n) is 3.61. The van der Waals surface area contributed by atoms with Crippen molar-refractivity contribution in [3.05, 3.63) is 11.8 Å². The highest BCUT2D eigenvalue weighted by atomic mass is 32.2. The molecule has 1 aliphatic heterocycles. The van der Waals surface area contributed by atoms with Crippen molar-refractivity contribution in [1.82, 2.24) is 13.6 Å². The zero-order chi connectivity index (χ0) is 15.5. The van der Waals surface area contributed by atoms with Crippen molar-refractivity contribution in [2.45, 2.75) is 44.2 Å². The number of nitrogens with zero attached hydrogens (tertiary/aromatic N) is 3. The van der Waals surface area contributed by atoms with Crippen LogP contribution in [0, 0.1) is 0 Å². The maximum atomic E-state index is 12.2. The van der Waals surface area contributed by atoms with Gasteiger partial charge in [0, 0.05) is 12.6 Å². The van der Waals surface area contributed by atoms with Crippen LogP contribution in [0.4, 0.5) is 0 Å². The number of likely N-dealkylation sites (N-methyl/N-ethyl adjacent to an activating group) is 1. The van der Waals surface area contributed by atoms with E-state index >= 15 is 0 Å². The fourth-order valence-corrected chi connectivity index (χ4v) is 3.93. The van der Waals surface area contributed by atoms with Gasteiger partial charge in [-0.2, -0.15) is 17.2 Å². The van der Waals surface area contributed by atoms with E-state index in [1.807, 2.05) is 20.0 Å². The van der Waals surface area contributed by atoms with E-state index in [1.165, 1.54) is 0 Å². The maximum absolute atomic E-state index is 12.2. The number of aromatic nitrogens is 2. The van der Waals surface area contributed by atoms with Crippen LogP contribution in [0.15, 0.2) is 11.1 Å². The number of unbranched alkanes of at least 4 members (excludes halogenated alkanes) is 1. The van der Waals surface area contributed by atoms with Gasteiger partial charge >= 0.3 is 10.1 Å². The lowest BCUT2D eigenvalue weighted by Crippen LogP contribution is -2.33. The van der Waals surface area contributed by atoms with Gasteiger partial charge in [-0.05, 0) is 32.4 Å². The minimum Gasteiger partial charge on any atom is -0.299 e. The smallest absolute Gasteiger partial charge is 0.299 e. The molecular formula is C13H21N3O3S2. The Balaban J connectivity index is 2.23. The van der Waals surface area contributed by atoms with E-state index in [9.17, 15) is 8.42 Å². The third-order valence-corrected chi connectivity index (χ3v) is 5.49. The Morgan fingerprint density at radius 3 is 2.90 bits per heavy atom. The lowest BCUT2D eigenvalue weighted by molar-refractivity contribution is 0.280. The maximum Gasteiger partial charge on any atom is 0.317 e. The van der Waals surface area contributed by atoms with Crippen molar-refractivity contribution in [1.29, 1.82) is 0 Å². The van der Waals surface area contributed by atoms with Crippen molar-refractivity contribution in [2.75, 3.05) is 20.2 Å². The van der Waals surface area contributed by atoms with Gasteiger partial charge in [0.1, 0.15) is 5.69 Å². The molecule has 1 atom stereocenters. The molecule has 118 valence electrons. The first kappa shape index (κ1) is 16.5. The second-order valence-electron chi connectivity index (χ2n) is 5.28. The van der Waals surface area contributed by atoms with Crippen LogP contribution in [0.3, 0.4) is 0 Å². The van der Waals surface area contributed by atoms with Crippen LogP contribution < -0.4 is 0 Å². The second-order valence-corrected chi connectivity index (χ2v) is 7.34. The summed E-state index contributed by atoms with van der Waals surface area (Å²) in [5.74, 6) is 0. The minimum atomic E-state index is -3.82. The topological polar surface area (TPSA) is 72.4 Å². The van der Waals surface area contributed by atoms with E-state index in [0.29, 0.717) is 24.7 Å². The first-order chi connectivity index (χ1) is 9.95. The van der Waals surface area contributed by atoms with Gasteiger partial charge in [0.15, 0.2) is 0 Å². The summed E-state index contributed by atoms with van der Waals surface area (Å²) in [6, 6.07) is 0.446. The molecule has 0 aromatic carbocycles. The molecule has 2 rings (SSSR count). The minimum absolute atomic E-state index is 0.0437. The molecule has 0 bridgehead atoms. The molecule has 6 nitrogen and oxygen atoms in total. The largest absolute Gasteiger partial charge is 0.317 e. The zero-order valence-electron chi connectivity index (χ0n) is 12.6. The van der Waals surface area contributed by atoms with Crippen molar-refractivity contribution in [3.63, 3.8) is 0 Å². The fourth-order valence-electron chi connectivity index (χ4n) is 2.06. The van der Waals surface area contributed by atoms with Crippen molar-refractivity contribution >= 4 is 27.4 Å². The molecule has 1 unspecified atom stereocenters.